The number of unbranched alkanes of at least 4 members (excludes halogenated alkanes) is 2. The fraction of sp³-hybridized carbons (Fsp3) is 0.314. The van der Waals surface area contributed by atoms with Crippen molar-refractivity contribution in [3.8, 4) is 11.5 Å². The molecular formula is C70H78N4O14. The molecule has 462 valence electrons. The number of alkyl carbamates (subject to hydrolysis) is 2. The summed E-state index contributed by atoms with van der Waals surface area (Å²) in [7, 11) is 0. The fourth-order valence-electron chi connectivity index (χ4n) is 8.72. The Bertz CT molecular complexity index is 3620. The van der Waals surface area contributed by atoms with Crippen LogP contribution in [0.1, 0.15) is 114 Å². The summed E-state index contributed by atoms with van der Waals surface area (Å²) in [5.41, 5.74) is 3.74. The number of rotatable bonds is 23. The summed E-state index contributed by atoms with van der Waals surface area (Å²) in [5.74, 6) is -0.206. The predicted octanol–water partition coefficient (Wildman–Crippen LogP) is 14.8. The van der Waals surface area contributed by atoms with E-state index in [1.54, 1.807) is 78.2 Å². The van der Waals surface area contributed by atoms with Gasteiger partial charge in [-0.15, -0.1) is 0 Å². The van der Waals surface area contributed by atoms with Gasteiger partial charge in [0.25, 0.3) is 0 Å². The SMILES string of the molecule is CCCCOc1ccc2c(/C=C(\NC(=O)OC(C)(C)C)C(=O)OCc3ccccc3)cn(C(=O)OCc3ccccc3)c2c1.CCCCOc1ccc2c(C[C@H](NC(=O)OC(C)(C)C)C(=O)OCc3ccccc3)cn(C(=O)OCc3ccccc3)c2c1. The fourth-order valence-corrected chi connectivity index (χ4v) is 8.72. The second-order valence-corrected chi connectivity index (χ2v) is 22.6. The predicted molar refractivity (Wildman–Crippen MR) is 335 cm³/mol. The molecule has 2 aromatic heterocycles. The molecule has 8 rings (SSSR count). The lowest BCUT2D eigenvalue weighted by Gasteiger charge is -2.23. The van der Waals surface area contributed by atoms with E-state index in [0.717, 1.165) is 47.9 Å². The molecule has 0 radical (unpaired) electrons. The van der Waals surface area contributed by atoms with Gasteiger partial charge in [-0.25, -0.2) is 28.8 Å². The molecule has 18 nitrogen and oxygen atoms in total. The Kier molecular flexibility index (Phi) is 23.9. The lowest BCUT2D eigenvalue weighted by molar-refractivity contribution is -0.147. The van der Waals surface area contributed by atoms with E-state index in [9.17, 15) is 28.8 Å². The summed E-state index contributed by atoms with van der Waals surface area (Å²) in [6, 6.07) is 46.9. The second-order valence-electron chi connectivity index (χ2n) is 22.6. The van der Waals surface area contributed by atoms with Crippen molar-refractivity contribution >= 4 is 64.2 Å². The first-order valence-corrected chi connectivity index (χ1v) is 29.3. The number of carbonyl (C=O) groups excluding carboxylic acids is 6. The number of hydrogen-bond acceptors (Lipinski definition) is 14. The molecule has 0 aliphatic heterocycles. The molecule has 0 spiro atoms. The van der Waals surface area contributed by atoms with Crippen LogP contribution in [0, 0.1) is 0 Å². The zero-order chi connectivity index (χ0) is 63.1. The van der Waals surface area contributed by atoms with Gasteiger partial charge in [0.2, 0.25) is 0 Å². The zero-order valence-corrected chi connectivity index (χ0v) is 51.2. The van der Waals surface area contributed by atoms with Gasteiger partial charge in [-0.3, -0.25) is 14.5 Å². The van der Waals surface area contributed by atoms with Crippen LogP contribution >= 0.6 is 0 Å². The van der Waals surface area contributed by atoms with E-state index in [-0.39, 0.29) is 38.5 Å². The molecule has 0 aliphatic carbocycles. The molecule has 8 aromatic rings. The summed E-state index contributed by atoms with van der Waals surface area (Å²) in [6.07, 6.45) is 5.65. The zero-order valence-electron chi connectivity index (χ0n) is 51.2. The summed E-state index contributed by atoms with van der Waals surface area (Å²) < 4.78 is 47.8. The third-order valence-electron chi connectivity index (χ3n) is 13.0. The molecule has 0 fully saturated rings. The van der Waals surface area contributed by atoms with Crippen LogP contribution in [0.5, 0.6) is 11.5 Å². The van der Waals surface area contributed by atoms with Gasteiger partial charge in [0, 0.05) is 47.3 Å². The normalized spacial score (nSPS) is 11.8. The Labute approximate surface area is 513 Å². The van der Waals surface area contributed by atoms with Crippen molar-refractivity contribution in [3.63, 3.8) is 0 Å². The van der Waals surface area contributed by atoms with Gasteiger partial charge in [-0.2, -0.15) is 0 Å². The van der Waals surface area contributed by atoms with Crippen LogP contribution in [-0.4, -0.2) is 75.9 Å². The minimum absolute atomic E-state index is 0.000950. The van der Waals surface area contributed by atoms with Gasteiger partial charge in [0.05, 0.1) is 24.2 Å². The highest BCUT2D eigenvalue weighted by atomic mass is 16.6. The van der Waals surface area contributed by atoms with Crippen molar-refractivity contribution in [2.24, 2.45) is 0 Å². The summed E-state index contributed by atoms with van der Waals surface area (Å²) in [4.78, 5) is 78.8. The monoisotopic (exact) mass is 1200 g/mol. The first-order valence-electron chi connectivity index (χ1n) is 29.3. The van der Waals surface area contributed by atoms with E-state index in [0.29, 0.717) is 57.6 Å². The first kappa shape index (κ1) is 65.7. The van der Waals surface area contributed by atoms with Crippen molar-refractivity contribution in [1.29, 1.82) is 0 Å². The van der Waals surface area contributed by atoms with Crippen molar-refractivity contribution in [3.05, 3.63) is 209 Å². The van der Waals surface area contributed by atoms with Crippen LogP contribution < -0.4 is 20.1 Å². The topological polar surface area (TPSA) is 210 Å². The molecule has 1 atom stereocenters. The Morgan fingerprint density at radius 1 is 0.500 bits per heavy atom. The number of fused-ring (bicyclic) bond motifs is 2. The van der Waals surface area contributed by atoms with E-state index in [1.165, 1.54) is 15.2 Å². The molecule has 2 N–H and O–H groups in total. The Hall–Kier alpha value is -9.84. The third-order valence-corrected chi connectivity index (χ3v) is 13.0. The highest BCUT2D eigenvalue weighted by molar-refractivity contribution is 6.02. The molecule has 2 amide bonds. The van der Waals surface area contributed by atoms with Crippen LogP contribution in [-0.2, 0) is 70.9 Å². The van der Waals surface area contributed by atoms with E-state index >= 15 is 0 Å². The Morgan fingerprint density at radius 3 is 1.39 bits per heavy atom. The molecule has 0 unspecified atom stereocenters. The van der Waals surface area contributed by atoms with Crippen molar-refractivity contribution in [2.75, 3.05) is 13.2 Å². The average Bonchev–Trinajstić information content (AvgIpc) is 2.56. The van der Waals surface area contributed by atoms with Gasteiger partial charge in [-0.1, -0.05) is 148 Å². The Morgan fingerprint density at radius 2 is 0.920 bits per heavy atom. The molecule has 2 heterocycles. The van der Waals surface area contributed by atoms with Crippen LogP contribution in [0.15, 0.2) is 176 Å². The van der Waals surface area contributed by atoms with E-state index < -0.39 is 53.6 Å². The van der Waals surface area contributed by atoms with Crippen molar-refractivity contribution in [2.45, 2.75) is 131 Å². The average molecular weight is 1200 g/mol. The van der Waals surface area contributed by atoms with Gasteiger partial charge < -0.3 is 43.2 Å². The number of amides is 2. The summed E-state index contributed by atoms with van der Waals surface area (Å²) in [5, 5.41) is 6.53. The van der Waals surface area contributed by atoms with E-state index in [1.807, 2.05) is 133 Å². The number of ether oxygens (including phenoxy) is 8. The number of esters is 2. The highest BCUT2D eigenvalue weighted by Crippen LogP contribution is 2.31. The van der Waals surface area contributed by atoms with Gasteiger partial charge >= 0.3 is 36.3 Å². The molecule has 0 saturated heterocycles. The van der Waals surface area contributed by atoms with Gasteiger partial charge in [0.15, 0.2) is 0 Å². The minimum atomic E-state index is -1.09. The molecule has 6 aromatic carbocycles. The molecule has 88 heavy (non-hydrogen) atoms. The standard InChI is InChI=1S/C35H40N2O7.C35H38N2O7/c2*1-5-6-19-41-28-17-18-29-27(22-37(31(29)21-28)34(40)43-24-26-15-11-8-12-16-26)20-30(36-33(39)44-35(2,3)4)32(38)42-23-25-13-9-7-10-14-25/h7-18,21-22,30H,5-6,19-20,23-24H2,1-4H3,(H,36,39);7-18,20-22H,5-6,19,23-24H2,1-4H3,(H,36,39)/b;30-20-/t30-;/m0./s1. The molecular weight excluding hydrogens is 1120 g/mol. The van der Waals surface area contributed by atoms with E-state index in [4.69, 9.17) is 37.9 Å². The van der Waals surface area contributed by atoms with Crippen molar-refractivity contribution < 1.29 is 66.7 Å². The van der Waals surface area contributed by atoms with Gasteiger partial charge in [0.1, 0.15) is 60.9 Å². The maximum Gasteiger partial charge on any atom is 0.418 e. The van der Waals surface area contributed by atoms with Crippen molar-refractivity contribution in [1.82, 2.24) is 19.8 Å². The third kappa shape index (κ3) is 20.7. The number of carbonyl (C=O) groups is 6. The van der Waals surface area contributed by atoms with Crippen LogP contribution in [0.4, 0.5) is 19.2 Å². The second kappa shape index (κ2) is 32.1. The van der Waals surface area contributed by atoms with E-state index in [2.05, 4.69) is 24.5 Å². The lowest BCUT2D eigenvalue weighted by atomic mass is 10.0. The quantitative estimate of drug-likeness (QED) is 0.0264. The number of aromatic nitrogens is 2. The number of nitrogens with zero attached hydrogens (tertiary/aromatic N) is 2. The molecule has 0 saturated carbocycles. The molecule has 18 heteroatoms. The van der Waals surface area contributed by atoms with Gasteiger partial charge in [-0.05, 0) is 113 Å². The number of benzene rings is 6. The first-order chi connectivity index (χ1) is 42.2. The summed E-state index contributed by atoms with van der Waals surface area (Å²) in [6.45, 7) is 15.8. The van der Waals surface area contributed by atoms with Crippen LogP contribution in [0.25, 0.3) is 27.9 Å². The number of nitrogens with one attached hydrogen (secondary N) is 2. The molecule has 0 bridgehead atoms. The smallest absolute Gasteiger partial charge is 0.418 e. The largest absolute Gasteiger partial charge is 0.494 e. The highest BCUT2D eigenvalue weighted by Gasteiger charge is 2.29. The molecule has 0 aliphatic rings. The van der Waals surface area contributed by atoms with Crippen LogP contribution in [0.3, 0.4) is 0 Å². The maximum atomic E-state index is 13.3. The summed E-state index contributed by atoms with van der Waals surface area (Å²) >= 11 is 0. The number of hydrogen-bond donors (Lipinski definition) is 2. The lowest BCUT2D eigenvalue weighted by Crippen LogP contribution is -2.45. The minimum Gasteiger partial charge on any atom is -0.494 e. The van der Waals surface area contributed by atoms with Crippen LogP contribution in [0.2, 0.25) is 0 Å². The maximum absolute atomic E-state index is 13.3. The Balaban J connectivity index is 0.000000251.